The fourth-order valence-corrected chi connectivity index (χ4v) is 1.86. The zero-order valence-corrected chi connectivity index (χ0v) is 10.4. The van der Waals surface area contributed by atoms with E-state index in [0.29, 0.717) is 33.7 Å². The number of hydrogen-bond donors (Lipinski definition) is 0. The molecule has 0 bridgehead atoms. The van der Waals surface area contributed by atoms with Crippen molar-refractivity contribution in [3.05, 3.63) is 52.8 Å². The van der Waals surface area contributed by atoms with Crippen molar-refractivity contribution in [2.75, 3.05) is 7.11 Å². The monoisotopic (exact) mass is 264 g/mol. The van der Waals surface area contributed by atoms with Crippen LogP contribution in [0.15, 0.2) is 36.4 Å². The lowest BCUT2D eigenvalue weighted by Crippen LogP contribution is -1.90. The maximum Gasteiger partial charge on any atom is 0.150 e. The van der Waals surface area contributed by atoms with E-state index in [1.165, 1.54) is 13.2 Å². The van der Waals surface area contributed by atoms with Crippen molar-refractivity contribution in [3.63, 3.8) is 0 Å². The Morgan fingerprint density at radius 1 is 1.22 bits per heavy atom. The van der Waals surface area contributed by atoms with Gasteiger partial charge in [0.25, 0.3) is 0 Å². The Bertz CT molecular complexity index is 596. The number of benzene rings is 2. The fourth-order valence-electron chi connectivity index (χ4n) is 1.67. The van der Waals surface area contributed by atoms with Gasteiger partial charge in [0.1, 0.15) is 17.9 Å². The highest BCUT2D eigenvalue weighted by atomic mass is 35.5. The zero-order valence-electron chi connectivity index (χ0n) is 9.61. The Morgan fingerprint density at radius 2 is 2.00 bits per heavy atom. The molecule has 0 amide bonds. The van der Waals surface area contributed by atoms with Crippen LogP contribution in [0.2, 0.25) is 5.02 Å². The number of rotatable bonds is 3. The smallest absolute Gasteiger partial charge is 0.150 e. The second-order valence-electron chi connectivity index (χ2n) is 3.71. The summed E-state index contributed by atoms with van der Waals surface area (Å²) in [6, 6.07) is 9.31. The molecular formula is C14H10ClFO2. The molecule has 2 rings (SSSR count). The molecule has 0 N–H and O–H groups in total. The van der Waals surface area contributed by atoms with Gasteiger partial charge in [-0.15, -0.1) is 0 Å². The van der Waals surface area contributed by atoms with Crippen LogP contribution in [0.4, 0.5) is 4.39 Å². The van der Waals surface area contributed by atoms with Crippen molar-refractivity contribution in [3.8, 4) is 16.9 Å². The molecule has 0 saturated heterocycles. The average molecular weight is 265 g/mol. The molecule has 0 fully saturated rings. The normalized spacial score (nSPS) is 10.2. The van der Waals surface area contributed by atoms with E-state index in [0.717, 1.165) is 0 Å². The van der Waals surface area contributed by atoms with E-state index in [2.05, 4.69) is 0 Å². The van der Waals surface area contributed by atoms with Gasteiger partial charge in [-0.05, 0) is 23.8 Å². The van der Waals surface area contributed by atoms with Crippen LogP contribution in [0, 0.1) is 5.82 Å². The van der Waals surface area contributed by atoms with Crippen LogP contribution < -0.4 is 4.74 Å². The molecule has 0 spiro atoms. The highest BCUT2D eigenvalue weighted by Crippen LogP contribution is 2.31. The van der Waals surface area contributed by atoms with Crippen molar-refractivity contribution >= 4 is 17.9 Å². The van der Waals surface area contributed by atoms with Gasteiger partial charge in [0, 0.05) is 11.1 Å². The molecule has 0 aliphatic heterocycles. The molecule has 2 aromatic rings. The molecule has 0 radical (unpaired) electrons. The molecule has 0 saturated carbocycles. The number of carbonyl (C=O) groups is 1. The first-order valence-electron chi connectivity index (χ1n) is 5.24. The van der Waals surface area contributed by atoms with Crippen LogP contribution in [0.5, 0.6) is 5.75 Å². The molecule has 0 aliphatic rings. The molecule has 0 unspecified atom stereocenters. The highest BCUT2D eigenvalue weighted by molar-refractivity contribution is 6.32. The van der Waals surface area contributed by atoms with Crippen molar-refractivity contribution < 1.29 is 13.9 Å². The van der Waals surface area contributed by atoms with Gasteiger partial charge in [-0.3, -0.25) is 4.79 Å². The first-order chi connectivity index (χ1) is 8.65. The van der Waals surface area contributed by atoms with E-state index < -0.39 is 5.82 Å². The van der Waals surface area contributed by atoms with Gasteiger partial charge in [-0.25, -0.2) is 4.39 Å². The second kappa shape index (κ2) is 5.19. The molecule has 0 aromatic heterocycles. The Morgan fingerprint density at radius 3 is 2.61 bits per heavy atom. The zero-order chi connectivity index (χ0) is 13.1. The first kappa shape index (κ1) is 12.6. The minimum Gasteiger partial charge on any atom is -0.495 e. The highest BCUT2D eigenvalue weighted by Gasteiger charge is 2.09. The van der Waals surface area contributed by atoms with Gasteiger partial charge in [0.2, 0.25) is 0 Å². The van der Waals surface area contributed by atoms with Gasteiger partial charge >= 0.3 is 0 Å². The molecule has 0 aliphatic carbocycles. The molecule has 0 heterocycles. The average Bonchev–Trinajstić information content (AvgIpc) is 2.39. The van der Waals surface area contributed by atoms with Gasteiger partial charge in [-0.2, -0.15) is 0 Å². The number of ether oxygens (including phenoxy) is 1. The molecule has 2 nitrogen and oxygen atoms in total. The van der Waals surface area contributed by atoms with Crippen LogP contribution in [-0.4, -0.2) is 13.4 Å². The lowest BCUT2D eigenvalue weighted by Gasteiger charge is -2.08. The molecule has 2 aromatic carbocycles. The van der Waals surface area contributed by atoms with Crippen molar-refractivity contribution in [2.24, 2.45) is 0 Å². The minimum atomic E-state index is -0.455. The Balaban J connectivity index is 2.51. The number of carbonyl (C=O) groups excluding carboxylic acids is 1. The van der Waals surface area contributed by atoms with E-state index in [1.807, 2.05) is 0 Å². The maximum absolute atomic E-state index is 13.8. The molecular weight excluding hydrogens is 255 g/mol. The van der Waals surface area contributed by atoms with Gasteiger partial charge in [0.05, 0.1) is 12.1 Å². The van der Waals surface area contributed by atoms with Crippen molar-refractivity contribution in [1.29, 1.82) is 0 Å². The third kappa shape index (κ3) is 2.36. The largest absolute Gasteiger partial charge is 0.495 e. The number of methoxy groups -OCH3 is 1. The Hall–Kier alpha value is -1.87. The topological polar surface area (TPSA) is 26.3 Å². The summed E-state index contributed by atoms with van der Waals surface area (Å²) < 4.78 is 18.9. The lowest BCUT2D eigenvalue weighted by molar-refractivity contribution is 0.112. The van der Waals surface area contributed by atoms with E-state index >= 15 is 0 Å². The third-order valence-electron chi connectivity index (χ3n) is 2.59. The number of halogens is 2. The summed E-state index contributed by atoms with van der Waals surface area (Å²) in [4.78, 5) is 10.5. The predicted molar refractivity (Wildman–Crippen MR) is 68.8 cm³/mol. The Labute approximate surface area is 109 Å². The van der Waals surface area contributed by atoms with E-state index in [4.69, 9.17) is 16.3 Å². The van der Waals surface area contributed by atoms with Crippen LogP contribution in [0.25, 0.3) is 11.1 Å². The summed E-state index contributed by atoms with van der Waals surface area (Å²) in [6.07, 6.45) is 0.606. The summed E-state index contributed by atoms with van der Waals surface area (Å²) in [5.74, 6) is 0.0250. The quantitative estimate of drug-likeness (QED) is 0.784. The Kier molecular flexibility index (Phi) is 3.63. The molecule has 4 heteroatoms. The fraction of sp³-hybridized carbons (Fsp3) is 0.0714. The number of aldehydes is 1. The standard InChI is InChI=1S/C14H10ClFO2/c1-18-14-7-10(3-5-12(14)15)11-4-2-9(8-17)6-13(11)16/h2-8H,1H3. The first-order valence-corrected chi connectivity index (χ1v) is 5.62. The summed E-state index contributed by atoms with van der Waals surface area (Å²) in [6.45, 7) is 0. The molecule has 92 valence electrons. The van der Waals surface area contributed by atoms with Crippen molar-refractivity contribution in [2.45, 2.75) is 0 Å². The SMILES string of the molecule is COc1cc(-c2ccc(C=O)cc2F)ccc1Cl. The van der Waals surface area contributed by atoms with E-state index in [-0.39, 0.29) is 0 Å². The second-order valence-corrected chi connectivity index (χ2v) is 4.11. The molecule has 0 atom stereocenters. The van der Waals surface area contributed by atoms with E-state index in [9.17, 15) is 9.18 Å². The van der Waals surface area contributed by atoms with Gasteiger partial charge < -0.3 is 4.74 Å². The summed E-state index contributed by atoms with van der Waals surface area (Å²) >= 11 is 5.91. The minimum absolute atomic E-state index is 0.303. The predicted octanol–water partition coefficient (Wildman–Crippen LogP) is 3.97. The van der Waals surface area contributed by atoms with Crippen LogP contribution in [-0.2, 0) is 0 Å². The third-order valence-corrected chi connectivity index (χ3v) is 2.90. The van der Waals surface area contributed by atoms with Gasteiger partial charge in [0.15, 0.2) is 0 Å². The summed E-state index contributed by atoms with van der Waals surface area (Å²) in [5, 5.41) is 0.464. The lowest BCUT2D eigenvalue weighted by atomic mass is 10.0. The van der Waals surface area contributed by atoms with E-state index in [1.54, 1.807) is 30.3 Å². The molecule has 18 heavy (non-hydrogen) atoms. The maximum atomic E-state index is 13.8. The summed E-state index contributed by atoms with van der Waals surface area (Å²) in [5.41, 5.74) is 1.35. The van der Waals surface area contributed by atoms with Crippen LogP contribution in [0.1, 0.15) is 10.4 Å². The van der Waals surface area contributed by atoms with Crippen LogP contribution in [0.3, 0.4) is 0 Å². The summed E-state index contributed by atoms with van der Waals surface area (Å²) in [7, 11) is 1.50. The van der Waals surface area contributed by atoms with Crippen LogP contribution >= 0.6 is 11.6 Å². The van der Waals surface area contributed by atoms with Gasteiger partial charge in [-0.1, -0.05) is 29.8 Å². The van der Waals surface area contributed by atoms with Crippen molar-refractivity contribution in [1.82, 2.24) is 0 Å². The number of hydrogen-bond acceptors (Lipinski definition) is 2.